The number of aryl methyl sites for hydroxylation is 1. The van der Waals surface area contributed by atoms with Gasteiger partial charge in [0.25, 0.3) is 0 Å². The second kappa shape index (κ2) is 3.94. The highest BCUT2D eigenvalue weighted by atomic mass is 16.3. The van der Waals surface area contributed by atoms with Crippen molar-refractivity contribution in [1.82, 2.24) is 15.1 Å². The van der Waals surface area contributed by atoms with Crippen molar-refractivity contribution in [3.05, 3.63) is 18.0 Å². The molecule has 0 amide bonds. The molecule has 1 atom stereocenters. The minimum absolute atomic E-state index is 0.142. The minimum Gasteiger partial charge on any atom is -0.394 e. The number of aliphatic hydroxyl groups is 1. The van der Waals surface area contributed by atoms with Crippen LogP contribution in [0.1, 0.15) is 25.5 Å². The fourth-order valence-corrected chi connectivity index (χ4v) is 1.76. The van der Waals surface area contributed by atoms with E-state index in [1.165, 1.54) is 12.8 Å². The van der Waals surface area contributed by atoms with E-state index < -0.39 is 0 Å². The van der Waals surface area contributed by atoms with Crippen LogP contribution >= 0.6 is 0 Å². The maximum absolute atomic E-state index is 9.45. The molecule has 0 radical (unpaired) electrons. The average Bonchev–Trinajstić information content (AvgIpc) is 2.92. The van der Waals surface area contributed by atoms with Gasteiger partial charge in [-0.15, -0.1) is 0 Å². The predicted molar refractivity (Wildman–Crippen MR) is 58.6 cm³/mol. The third kappa shape index (κ3) is 2.58. The van der Waals surface area contributed by atoms with Gasteiger partial charge in [-0.2, -0.15) is 5.10 Å². The van der Waals surface area contributed by atoms with E-state index in [2.05, 4.69) is 10.4 Å². The van der Waals surface area contributed by atoms with Crippen molar-refractivity contribution in [2.45, 2.75) is 44.8 Å². The number of aliphatic hydroxyl groups excluding tert-OH is 1. The zero-order valence-corrected chi connectivity index (χ0v) is 9.40. The van der Waals surface area contributed by atoms with Crippen LogP contribution in [0.5, 0.6) is 0 Å². The van der Waals surface area contributed by atoms with Crippen molar-refractivity contribution < 1.29 is 5.11 Å². The lowest BCUT2D eigenvalue weighted by atomic mass is 10.0. The molecule has 1 aliphatic carbocycles. The van der Waals surface area contributed by atoms with Crippen molar-refractivity contribution in [2.75, 3.05) is 6.61 Å². The van der Waals surface area contributed by atoms with Crippen molar-refractivity contribution in [3.63, 3.8) is 0 Å². The maximum atomic E-state index is 9.45. The molecule has 2 rings (SSSR count). The summed E-state index contributed by atoms with van der Waals surface area (Å²) in [5.74, 6) is 0. The molecular weight excluding hydrogens is 190 g/mol. The molecule has 15 heavy (non-hydrogen) atoms. The highest BCUT2D eigenvalue weighted by Crippen LogP contribution is 2.23. The minimum atomic E-state index is -0.252. The lowest BCUT2D eigenvalue weighted by Crippen LogP contribution is -2.50. The van der Waals surface area contributed by atoms with Crippen molar-refractivity contribution >= 4 is 0 Å². The Morgan fingerprint density at radius 3 is 2.87 bits per heavy atom. The summed E-state index contributed by atoms with van der Waals surface area (Å²) in [6.45, 7) is 4.94. The summed E-state index contributed by atoms with van der Waals surface area (Å²) >= 11 is 0. The van der Waals surface area contributed by atoms with Gasteiger partial charge < -0.3 is 10.4 Å². The van der Waals surface area contributed by atoms with Crippen LogP contribution in [0, 0.1) is 6.92 Å². The molecule has 1 saturated carbocycles. The van der Waals surface area contributed by atoms with E-state index >= 15 is 0 Å². The third-order valence-corrected chi connectivity index (χ3v) is 2.91. The first-order valence-electron chi connectivity index (χ1n) is 5.50. The highest BCUT2D eigenvalue weighted by molar-refractivity contribution is 5.00. The van der Waals surface area contributed by atoms with Crippen molar-refractivity contribution in [3.8, 4) is 0 Å². The highest BCUT2D eigenvalue weighted by Gasteiger charge is 2.32. The number of hydrogen-bond acceptors (Lipinski definition) is 3. The Bertz CT molecular complexity index is 332. The van der Waals surface area contributed by atoms with Gasteiger partial charge in [-0.3, -0.25) is 4.68 Å². The molecule has 4 heteroatoms. The standard InChI is InChI=1S/C11H19N3O/c1-9-5-6-12-14(9)7-11(2,8-15)13-10-3-4-10/h5-6,10,13,15H,3-4,7-8H2,1-2H3. The molecule has 1 aromatic rings. The van der Waals surface area contributed by atoms with Gasteiger partial charge in [-0.1, -0.05) is 0 Å². The lowest BCUT2D eigenvalue weighted by molar-refractivity contribution is 0.150. The molecule has 0 spiro atoms. The SMILES string of the molecule is Cc1ccnn1CC(C)(CO)NC1CC1. The van der Waals surface area contributed by atoms with E-state index in [1.807, 2.05) is 24.6 Å². The molecule has 0 bridgehead atoms. The number of nitrogens with zero attached hydrogens (tertiary/aromatic N) is 2. The molecule has 0 saturated heterocycles. The Morgan fingerprint density at radius 2 is 2.40 bits per heavy atom. The van der Waals surface area contributed by atoms with E-state index in [1.54, 1.807) is 6.20 Å². The van der Waals surface area contributed by atoms with Gasteiger partial charge in [-0.05, 0) is 32.8 Å². The Balaban J connectivity index is 2.02. The summed E-state index contributed by atoms with van der Waals surface area (Å²) in [6, 6.07) is 2.58. The zero-order valence-electron chi connectivity index (χ0n) is 9.40. The van der Waals surface area contributed by atoms with E-state index in [0.717, 1.165) is 12.2 Å². The summed E-state index contributed by atoms with van der Waals surface area (Å²) in [6.07, 6.45) is 4.26. The van der Waals surface area contributed by atoms with Gasteiger partial charge in [0.05, 0.1) is 18.7 Å². The molecule has 1 aliphatic rings. The summed E-state index contributed by atoms with van der Waals surface area (Å²) in [5.41, 5.74) is 0.880. The third-order valence-electron chi connectivity index (χ3n) is 2.91. The normalized spacial score (nSPS) is 20.2. The molecule has 2 N–H and O–H groups in total. The lowest BCUT2D eigenvalue weighted by Gasteiger charge is -2.29. The summed E-state index contributed by atoms with van der Waals surface area (Å²) < 4.78 is 1.94. The maximum Gasteiger partial charge on any atom is 0.0628 e. The molecule has 1 heterocycles. The molecule has 0 aliphatic heterocycles. The van der Waals surface area contributed by atoms with Crippen LogP contribution in [0.2, 0.25) is 0 Å². The van der Waals surface area contributed by atoms with Gasteiger partial charge in [0.1, 0.15) is 0 Å². The summed E-state index contributed by atoms with van der Waals surface area (Å²) in [5, 5.41) is 17.2. The molecule has 1 unspecified atom stereocenters. The molecule has 84 valence electrons. The van der Waals surface area contributed by atoms with Crippen LogP contribution in [0.25, 0.3) is 0 Å². The van der Waals surface area contributed by atoms with Crippen LogP contribution in [-0.2, 0) is 6.54 Å². The van der Waals surface area contributed by atoms with Crippen molar-refractivity contribution in [1.29, 1.82) is 0 Å². The predicted octanol–water partition coefficient (Wildman–Crippen LogP) is 0.695. The Kier molecular flexibility index (Phi) is 2.80. The topological polar surface area (TPSA) is 50.1 Å². The average molecular weight is 209 g/mol. The van der Waals surface area contributed by atoms with E-state index in [4.69, 9.17) is 0 Å². The second-order valence-corrected chi connectivity index (χ2v) is 4.77. The van der Waals surface area contributed by atoms with Crippen LogP contribution in [0.15, 0.2) is 12.3 Å². The number of rotatable bonds is 5. The zero-order chi connectivity index (χ0) is 10.9. The monoisotopic (exact) mass is 209 g/mol. The van der Waals surface area contributed by atoms with Gasteiger partial charge in [0, 0.05) is 17.9 Å². The summed E-state index contributed by atoms with van der Waals surface area (Å²) in [7, 11) is 0. The molecule has 1 aromatic heterocycles. The smallest absolute Gasteiger partial charge is 0.0628 e. The molecule has 4 nitrogen and oxygen atoms in total. The fourth-order valence-electron chi connectivity index (χ4n) is 1.76. The second-order valence-electron chi connectivity index (χ2n) is 4.77. The first-order chi connectivity index (χ1) is 7.13. The van der Waals surface area contributed by atoms with E-state index in [0.29, 0.717) is 6.04 Å². The molecular formula is C11H19N3O. The molecule has 0 aromatic carbocycles. The Morgan fingerprint density at radius 1 is 1.67 bits per heavy atom. The first kappa shape index (κ1) is 10.6. The molecule has 1 fully saturated rings. The number of aromatic nitrogens is 2. The Labute approximate surface area is 90.3 Å². The largest absolute Gasteiger partial charge is 0.394 e. The fraction of sp³-hybridized carbons (Fsp3) is 0.727. The number of nitrogens with one attached hydrogen (secondary N) is 1. The van der Waals surface area contributed by atoms with Crippen LogP contribution in [0.3, 0.4) is 0 Å². The Hall–Kier alpha value is -0.870. The van der Waals surface area contributed by atoms with E-state index in [9.17, 15) is 5.11 Å². The van der Waals surface area contributed by atoms with Gasteiger partial charge in [-0.25, -0.2) is 0 Å². The quantitative estimate of drug-likeness (QED) is 0.750. The van der Waals surface area contributed by atoms with Crippen LogP contribution < -0.4 is 5.32 Å². The van der Waals surface area contributed by atoms with E-state index in [-0.39, 0.29) is 12.1 Å². The van der Waals surface area contributed by atoms with Crippen molar-refractivity contribution in [2.24, 2.45) is 0 Å². The van der Waals surface area contributed by atoms with Gasteiger partial charge in [0.15, 0.2) is 0 Å². The number of hydrogen-bond donors (Lipinski definition) is 2. The van der Waals surface area contributed by atoms with Crippen LogP contribution in [0.4, 0.5) is 0 Å². The van der Waals surface area contributed by atoms with Crippen LogP contribution in [-0.4, -0.2) is 33.1 Å². The van der Waals surface area contributed by atoms with Gasteiger partial charge >= 0.3 is 0 Å². The van der Waals surface area contributed by atoms with Gasteiger partial charge in [0.2, 0.25) is 0 Å². The summed E-state index contributed by atoms with van der Waals surface area (Å²) in [4.78, 5) is 0. The first-order valence-corrected chi connectivity index (χ1v) is 5.50.